The monoisotopic (exact) mass is 267 g/mol. The van der Waals surface area contributed by atoms with Crippen molar-refractivity contribution < 1.29 is 0 Å². The van der Waals surface area contributed by atoms with Crippen LogP contribution in [0.5, 0.6) is 0 Å². The third kappa shape index (κ3) is 2.10. The van der Waals surface area contributed by atoms with Crippen molar-refractivity contribution in [3.8, 4) is 6.07 Å². The van der Waals surface area contributed by atoms with Crippen LogP contribution >= 0.6 is 0 Å². The molecule has 20 heavy (non-hydrogen) atoms. The first-order valence-corrected chi connectivity index (χ1v) is 7.25. The smallest absolute Gasteiger partial charge is 0.0991 e. The Labute approximate surface area is 120 Å². The average molecular weight is 267 g/mol. The van der Waals surface area contributed by atoms with Gasteiger partial charge < -0.3 is 9.47 Å². The largest absolute Gasteiger partial charge is 0.350 e. The first-order valence-electron chi connectivity index (χ1n) is 7.25. The minimum atomic E-state index is 0.625. The first-order chi connectivity index (χ1) is 9.60. The molecule has 0 bridgehead atoms. The lowest BCUT2D eigenvalue weighted by molar-refractivity contribution is 0.297. The summed E-state index contributed by atoms with van der Waals surface area (Å²) < 4.78 is 2.19. The van der Waals surface area contributed by atoms with Gasteiger partial charge in [0.2, 0.25) is 0 Å². The van der Waals surface area contributed by atoms with Crippen LogP contribution in [0.3, 0.4) is 0 Å². The third-order valence-corrected chi connectivity index (χ3v) is 4.72. The minimum absolute atomic E-state index is 0.625. The number of aromatic nitrogens is 1. The molecule has 2 atom stereocenters. The van der Waals surface area contributed by atoms with E-state index in [2.05, 4.69) is 48.9 Å². The van der Waals surface area contributed by atoms with Gasteiger partial charge in [-0.05, 0) is 63.0 Å². The molecule has 3 nitrogen and oxygen atoms in total. The van der Waals surface area contributed by atoms with Gasteiger partial charge in [0.25, 0.3) is 0 Å². The zero-order valence-electron chi connectivity index (χ0n) is 12.4. The van der Waals surface area contributed by atoms with E-state index >= 15 is 0 Å². The third-order valence-electron chi connectivity index (χ3n) is 4.72. The standard InChI is InChI=1S/C17H21N3/c1-19(2)14-6-5-13(9-14)16-11-20(3)17-7-4-12(10-18)8-15(16)17/h4,7-8,11,13-14H,5-6,9H2,1-3H3. The van der Waals surface area contributed by atoms with Gasteiger partial charge in [0.05, 0.1) is 11.6 Å². The van der Waals surface area contributed by atoms with E-state index in [1.54, 1.807) is 0 Å². The molecule has 0 amide bonds. The number of nitrogens with zero attached hydrogens (tertiary/aromatic N) is 3. The van der Waals surface area contributed by atoms with Crippen molar-refractivity contribution in [1.82, 2.24) is 9.47 Å². The second kappa shape index (κ2) is 4.96. The van der Waals surface area contributed by atoms with E-state index in [4.69, 9.17) is 5.26 Å². The molecule has 0 N–H and O–H groups in total. The zero-order valence-corrected chi connectivity index (χ0v) is 12.4. The Morgan fingerprint density at radius 3 is 2.75 bits per heavy atom. The van der Waals surface area contributed by atoms with E-state index in [9.17, 15) is 0 Å². The number of benzene rings is 1. The summed E-state index contributed by atoms with van der Waals surface area (Å²) in [5, 5.41) is 10.4. The Balaban J connectivity index is 2.02. The number of fused-ring (bicyclic) bond motifs is 1. The summed E-state index contributed by atoms with van der Waals surface area (Å²) >= 11 is 0. The Bertz CT molecular complexity index is 675. The summed E-state index contributed by atoms with van der Waals surface area (Å²) in [5.41, 5.74) is 3.41. The van der Waals surface area contributed by atoms with Gasteiger partial charge in [0.15, 0.2) is 0 Å². The summed E-state index contributed by atoms with van der Waals surface area (Å²) in [5.74, 6) is 0.625. The van der Waals surface area contributed by atoms with E-state index < -0.39 is 0 Å². The minimum Gasteiger partial charge on any atom is -0.350 e. The predicted octanol–water partition coefficient (Wildman–Crippen LogP) is 3.25. The van der Waals surface area contributed by atoms with Crippen molar-refractivity contribution in [2.45, 2.75) is 31.2 Å². The fourth-order valence-corrected chi connectivity index (χ4v) is 3.53. The highest BCUT2D eigenvalue weighted by molar-refractivity contribution is 5.85. The second-order valence-electron chi connectivity index (χ2n) is 6.17. The van der Waals surface area contributed by atoms with Crippen molar-refractivity contribution in [1.29, 1.82) is 5.26 Å². The maximum atomic E-state index is 9.11. The van der Waals surface area contributed by atoms with E-state index in [1.807, 2.05) is 12.1 Å². The Morgan fingerprint density at radius 2 is 2.10 bits per heavy atom. The molecule has 0 saturated heterocycles. The maximum absolute atomic E-state index is 9.11. The lowest BCUT2D eigenvalue weighted by Crippen LogP contribution is -2.24. The molecule has 1 fully saturated rings. The normalized spacial score (nSPS) is 22.6. The molecule has 1 aliphatic carbocycles. The van der Waals surface area contributed by atoms with Crippen LogP contribution < -0.4 is 0 Å². The van der Waals surface area contributed by atoms with Gasteiger partial charge in [0.1, 0.15) is 0 Å². The molecule has 1 aromatic carbocycles. The summed E-state index contributed by atoms with van der Waals surface area (Å²) in [6.45, 7) is 0. The fourth-order valence-electron chi connectivity index (χ4n) is 3.53. The van der Waals surface area contributed by atoms with Crippen molar-refractivity contribution in [2.75, 3.05) is 14.1 Å². The van der Waals surface area contributed by atoms with E-state index in [1.165, 1.54) is 35.7 Å². The highest BCUT2D eigenvalue weighted by Gasteiger charge is 2.29. The van der Waals surface area contributed by atoms with Crippen molar-refractivity contribution >= 4 is 10.9 Å². The lowest BCUT2D eigenvalue weighted by atomic mass is 9.96. The molecule has 0 radical (unpaired) electrons. The van der Waals surface area contributed by atoms with E-state index in [0.29, 0.717) is 12.0 Å². The topological polar surface area (TPSA) is 32.0 Å². The van der Waals surface area contributed by atoms with Gasteiger partial charge in [-0.15, -0.1) is 0 Å². The molecule has 0 spiro atoms. The van der Waals surface area contributed by atoms with Gasteiger partial charge >= 0.3 is 0 Å². The fraction of sp³-hybridized carbons (Fsp3) is 0.471. The summed E-state index contributed by atoms with van der Waals surface area (Å²) in [4.78, 5) is 2.34. The van der Waals surface area contributed by atoms with Gasteiger partial charge in [-0.1, -0.05) is 0 Å². The maximum Gasteiger partial charge on any atom is 0.0991 e. The molecule has 0 aliphatic heterocycles. The van der Waals surface area contributed by atoms with Crippen molar-refractivity contribution in [2.24, 2.45) is 7.05 Å². The average Bonchev–Trinajstić information content (AvgIpc) is 3.03. The van der Waals surface area contributed by atoms with E-state index in [-0.39, 0.29) is 0 Å². The van der Waals surface area contributed by atoms with Crippen molar-refractivity contribution in [3.63, 3.8) is 0 Å². The van der Waals surface area contributed by atoms with Crippen LogP contribution in [-0.2, 0) is 7.05 Å². The highest BCUT2D eigenvalue weighted by Crippen LogP contribution is 2.40. The van der Waals surface area contributed by atoms with Crippen LogP contribution in [0.15, 0.2) is 24.4 Å². The first kappa shape index (κ1) is 13.2. The molecule has 1 saturated carbocycles. The van der Waals surface area contributed by atoms with Crippen LogP contribution in [0, 0.1) is 11.3 Å². The molecule has 1 aromatic heterocycles. The summed E-state index contributed by atoms with van der Waals surface area (Å²) in [6.07, 6.45) is 6.00. The Hall–Kier alpha value is -1.79. The second-order valence-corrected chi connectivity index (χ2v) is 6.17. The number of hydrogen-bond acceptors (Lipinski definition) is 2. The molecular weight excluding hydrogens is 246 g/mol. The summed E-state index contributed by atoms with van der Waals surface area (Å²) in [6, 6.07) is 8.97. The molecule has 3 heteroatoms. The van der Waals surface area contributed by atoms with Gasteiger partial charge in [-0.2, -0.15) is 5.26 Å². The quantitative estimate of drug-likeness (QED) is 0.836. The molecule has 3 rings (SSSR count). The number of aryl methyl sites for hydroxylation is 1. The zero-order chi connectivity index (χ0) is 14.3. The Morgan fingerprint density at radius 1 is 1.30 bits per heavy atom. The van der Waals surface area contributed by atoms with Gasteiger partial charge in [-0.3, -0.25) is 0 Å². The number of nitriles is 1. The summed E-state index contributed by atoms with van der Waals surface area (Å²) in [7, 11) is 6.43. The molecule has 104 valence electrons. The van der Waals surface area contributed by atoms with Crippen LogP contribution in [0.2, 0.25) is 0 Å². The van der Waals surface area contributed by atoms with Crippen molar-refractivity contribution in [3.05, 3.63) is 35.5 Å². The molecule has 1 aliphatic rings. The van der Waals surface area contributed by atoms with Crippen LogP contribution in [0.25, 0.3) is 10.9 Å². The van der Waals surface area contributed by atoms with E-state index in [0.717, 1.165) is 5.56 Å². The number of rotatable bonds is 2. The Kier molecular flexibility index (Phi) is 3.27. The van der Waals surface area contributed by atoms with Crippen LogP contribution in [0.1, 0.15) is 36.3 Å². The van der Waals surface area contributed by atoms with Gasteiger partial charge in [0, 0.05) is 30.2 Å². The van der Waals surface area contributed by atoms with Crippen LogP contribution in [0.4, 0.5) is 0 Å². The molecular formula is C17H21N3. The molecule has 2 unspecified atom stereocenters. The lowest BCUT2D eigenvalue weighted by Gasteiger charge is -2.18. The van der Waals surface area contributed by atoms with Gasteiger partial charge in [-0.25, -0.2) is 0 Å². The molecule has 1 heterocycles. The number of hydrogen-bond donors (Lipinski definition) is 0. The molecule has 2 aromatic rings. The SMILES string of the molecule is CN(C)C1CCC(c2cn(C)c3ccc(C#N)cc23)C1. The van der Waals surface area contributed by atoms with Crippen LogP contribution in [-0.4, -0.2) is 29.6 Å². The highest BCUT2D eigenvalue weighted by atomic mass is 15.1. The predicted molar refractivity (Wildman–Crippen MR) is 81.7 cm³/mol.